The van der Waals surface area contributed by atoms with Crippen molar-refractivity contribution >= 4 is 21.8 Å². The summed E-state index contributed by atoms with van der Waals surface area (Å²) >= 11 is 3.31. The molecule has 0 spiro atoms. The first-order valence-electron chi connectivity index (χ1n) is 6.03. The van der Waals surface area contributed by atoms with Crippen molar-refractivity contribution in [3.05, 3.63) is 0 Å². The summed E-state index contributed by atoms with van der Waals surface area (Å²) in [5.74, 6) is -0.0647. The Balaban J connectivity index is 2.43. The van der Waals surface area contributed by atoms with Gasteiger partial charge in [0.1, 0.15) is 0 Å². The molecule has 1 saturated carbocycles. The van der Waals surface area contributed by atoms with Crippen LogP contribution in [0.1, 0.15) is 52.4 Å². The minimum atomic E-state index is -0.690. The molecule has 16 heavy (non-hydrogen) atoms. The van der Waals surface area contributed by atoms with E-state index in [0.717, 1.165) is 25.7 Å². The fourth-order valence-electron chi connectivity index (χ4n) is 2.02. The number of carbonyl (C=O) groups is 1. The van der Waals surface area contributed by atoms with Crippen molar-refractivity contribution in [3.63, 3.8) is 0 Å². The summed E-state index contributed by atoms with van der Waals surface area (Å²) in [4.78, 5) is 11.7. The van der Waals surface area contributed by atoms with Crippen LogP contribution in [0.25, 0.3) is 0 Å². The molecule has 0 aromatic heterocycles. The van der Waals surface area contributed by atoms with E-state index in [9.17, 15) is 9.90 Å². The highest BCUT2D eigenvalue weighted by Crippen LogP contribution is 2.26. The highest BCUT2D eigenvalue weighted by Gasteiger charge is 2.31. The van der Waals surface area contributed by atoms with Crippen molar-refractivity contribution < 1.29 is 9.90 Å². The Morgan fingerprint density at radius 1 is 1.31 bits per heavy atom. The van der Waals surface area contributed by atoms with E-state index in [1.54, 1.807) is 13.8 Å². The molecule has 94 valence electrons. The minimum Gasteiger partial charge on any atom is -0.388 e. The summed E-state index contributed by atoms with van der Waals surface area (Å²) in [7, 11) is 0. The average Bonchev–Trinajstić information content (AvgIpc) is 2.39. The van der Waals surface area contributed by atoms with Gasteiger partial charge in [-0.1, -0.05) is 41.6 Å². The van der Waals surface area contributed by atoms with E-state index < -0.39 is 9.93 Å². The topological polar surface area (TPSA) is 49.3 Å². The number of rotatable bonds is 3. The van der Waals surface area contributed by atoms with Crippen LogP contribution in [0.15, 0.2) is 0 Å². The van der Waals surface area contributed by atoms with E-state index in [0.29, 0.717) is 6.54 Å². The van der Waals surface area contributed by atoms with Crippen molar-refractivity contribution in [3.8, 4) is 0 Å². The highest BCUT2D eigenvalue weighted by atomic mass is 79.9. The molecule has 0 aromatic carbocycles. The van der Waals surface area contributed by atoms with E-state index in [4.69, 9.17) is 0 Å². The van der Waals surface area contributed by atoms with Gasteiger partial charge in [0.25, 0.3) is 0 Å². The van der Waals surface area contributed by atoms with Gasteiger partial charge in [-0.25, -0.2) is 0 Å². The van der Waals surface area contributed by atoms with Gasteiger partial charge in [-0.15, -0.1) is 0 Å². The van der Waals surface area contributed by atoms with Crippen LogP contribution >= 0.6 is 15.9 Å². The lowest BCUT2D eigenvalue weighted by atomic mass is 9.94. The predicted octanol–water partition coefficient (Wildman–Crippen LogP) is 2.36. The van der Waals surface area contributed by atoms with Gasteiger partial charge in [-0.2, -0.15) is 0 Å². The van der Waals surface area contributed by atoms with Gasteiger partial charge < -0.3 is 10.4 Å². The molecule has 0 atom stereocenters. The number of hydrogen-bond acceptors (Lipinski definition) is 2. The molecule has 0 unspecified atom stereocenters. The van der Waals surface area contributed by atoms with E-state index in [1.807, 2.05) is 0 Å². The zero-order valence-electron chi connectivity index (χ0n) is 10.2. The zero-order chi connectivity index (χ0) is 12.2. The first kappa shape index (κ1) is 14.0. The van der Waals surface area contributed by atoms with Crippen molar-refractivity contribution in [1.82, 2.24) is 5.32 Å². The Kier molecular flexibility index (Phi) is 4.80. The molecule has 0 bridgehead atoms. The Hall–Kier alpha value is -0.0900. The summed E-state index contributed by atoms with van der Waals surface area (Å²) < 4.78 is -0.561. The smallest absolute Gasteiger partial charge is 0.236 e. The summed E-state index contributed by atoms with van der Waals surface area (Å²) in [5.41, 5.74) is -0.690. The van der Waals surface area contributed by atoms with Crippen molar-refractivity contribution in [2.45, 2.75) is 62.3 Å². The quantitative estimate of drug-likeness (QED) is 0.620. The molecule has 1 amide bonds. The first-order valence-corrected chi connectivity index (χ1v) is 6.82. The summed E-state index contributed by atoms with van der Waals surface area (Å²) in [5, 5.41) is 13.2. The standard InChI is InChI=1S/C12H22BrNO2/c1-11(2,13)10(15)14-9-12(16)7-5-3-4-6-8-12/h16H,3-9H2,1-2H3,(H,14,15). The monoisotopic (exact) mass is 291 g/mol. The maximum absolute atomic E-state index is 11.7. The fourth-order valence-corrected chi connectivity index (χ4v) is 2.16. The van der Waals surface area contributed by atoms with Crippen molar-refractivity contribution in [2.24, 2.45) is 0 Å². The van der Waals surface area contributed by atoms with Crippen LogP contribution in [0.4, 0.5) is 0 Å². The van der Waals surface area contributed by atoms with E-state index in [1.165, 1.54) is 12.8 Å². The molecule has 0 saturated heterocycles. The molecule has 0 aromatic rings. The van der Waals surface area contributed by atoms with Gasteiger partial charge >= 0.3 is 0 Å². The lowest BCUT2D eigenvalue weighted by Crippen LogP contribution is -2.47. The Morgan fingerprint density at radius 2 is 1.81 bits per heavy atom. The van der Waals surface area contributed by atoms with Crippen molar-refractivity contribution in [2.75, 3.05) is 6.54 Å². The number of amides is 1. The molecule has 2 N–H and O–H groups in total. The highest BCUT2D eigenvalue weighted by molar-refractivity contribution is 9.10. The number of aliphatic hydroxyl groups is 1. The molecule has 3 nitrogen and oxygen atoms in total. The third kappa shape index (κ3) is 4.42. The largest absolute Gasteiger partial charge is 0.388 e. The Bertz CT molecular complexity index is 240. The molecule has 0 radical (unpaired) electrons. The maximum Gasteiger partial charge on any atom is 0.236 e. The summed E-state index contributed by atoms with van der Waals surface area (Å²) in [6.45, 7) is 3.99. The maximum atomic E-state index is 11.7. The van der Waals surface area contributed by atoms with E-state index in [-0.39, 0.29) is 5.91 Å². The van der Waals surface area contributed by atoms with Crippen molar-refractivity contribution in [1.29, 1.82) is 0 Å². The third-order valence-electron chi connectivity index (χ3n) is 3.15. The Morgan fingerprint density at radius 3 is 2.25 bits per heavy atom. The molecule has 1 aliphatic carbocycles. The number of halogens is 1. The van der Waals surface area contributed by atoms with Gasteiger partial charge in [0.05, 0.1) is 9.93 Å². The van der Waals surface area contributed by atoms with Crippen LogP contribution in [0.3, 0.4) is 0 Å². The molecule has 0 aliphatic heterocycles. The zero-order valence-corrected chi connectivity index (χ0v) is 11.8. The SMILES string of the molecule is CC(C)(Br)C(=O)NCC1(O)CCCCCC1. The van der Waals surface area contributed by atoms with Gasteiger partial charge in [0, 0.05) is 6.54 Å². The number of nitrogens with one attached hydrogen (secondary N) is 1. The molecule has 1 aliphatic rings. The molecular weight excluding hydrogens is 270 g/mol. The van der Waals surface area contributed by atoms with Crippen LogP contribution in [0.5, 0.6) is 0 Å². The summed E-state index contributed by atoms with van der Waals surface area (Å²) in [6, 6.07) is 0. The second-order valence-corrected chi connectivity index (χ2v) is 7.28. The van der Waals surface area contributed by atoms with Crippen LogP contribution < -0.4 is 5.32 Å². The van der Waals surface area contributed by atoms with Crippen LogP contribution in [-0.4, -0.2) is 27.5 Å². The lowest BCUT2D eigenvalue weighted by molar-refractivity contribution is -0.123. The van der Waals surface area contributed by atoms with E-state index in [2.05, 4.69) is 21.2 Å². The van der Waals surface area contributed by atoms with Crippen LogP contribution in [0, 0.1) is 0 Å². The minimum absolute atomic E-state index is 0.0647. The molecular formula is C12H22BrNO2. The molecule has 1 fully saturated rings. The number of hydrogen-bond donors (Lipinski definition) is 2. The van der Waals surface area contributed by atoms with Gasteiger partial charge in [0.2, 0.25) is 5.91 Å². The fraction of sp³-hybridized carbons (Fsp3) is 0.917. The summed E-state index contributed by atoms with van der Waals surface area (Å²) in [6.07, 6.45) is 6.11. The van der Waals surface area contributed by atoms with Crippen LogP contribution in [-0.2, 0) is 4.79 Å². The Labute approximate surface area is 106 Å². The lowest BCUT2D eigenvalue weighted by Gasteiger charge is -2.28. The van der Waals surface area contributed by atoms with Gasteiger partial charge in [-0.3, -0.25) is 4.79 Å². The van der Waals surface area contributed by atoms with Gasteiger partial charge in [-0.05, 0) is 26.7 Å². The van der Waals surface area contributed by atoms with Crippen LogP contribution in [0.2, 0.25) is 0 Å². The second kappa shape index (κ2) is 5.50. The third-order valence-corrected chi connectivity index (χ3v) is 3.51. The number of carbonyl (C=O) groups excluding carboxylic acids is 1. The first-order chi connectivity index (χ1) is 7.33. The number of alkyl halides is 1. The normalized spacial score (nSPS) is 21.2. The average molecular weight is 292 g/mol. The second-order valence-electron chi connectivity index (χ2n) is 5.29. The van der Waals surface area contributed by atoms with Gasteiger partial charge in [0.15, 0.2) is 0 Å². The molecule has 4 heteroatoms. The molecule has 1 rings (SSSR count). The van der Waals surface area contributed by atoms with E-state index >= 15 is 0 Å². The predicted molar refractivity (Wildman–Crippen MR) is 68.7 cm³/mol. The molecule has 0 heterocycles.